The van der Waals surface area contributed by atoms with E-state index in [4.69, 9.17) is 25.8 Å². The molecule has 2 aromatic heterocycles. The highest BCUT2D eigenvalue weighted by atomic mass is 32.1. The molecule has 10 nitrogen and oxygen atoms in total. The summed E-state index contributed by atoms with van der Waals surface area (Å²) in [6, 6.07) is 22.8. The highest BCUT2D eigenvalue weighted by Gasteiger charge is 2.20. The molecule has 0 saturated carbocycles. The number of anilines is 1. The molecule has 2 heterocycles. The van der Waals surface area contributed by atoms with Gasteiger partial charge in [-0.15, -0.1) is 0 Å². The van der Waals surface area contributed by atoms with Crippen LogP contribution in [0.4, 0.5) is 11.4 Å². The molecule has 0 bridgehead atoms. The van der Waals surface area contributed by atoms with Gasteiger partial charge < -0.3 is 18.9 Å². The monoisotopic (exact) mass is 541 g/mol. The predicted molar refractivity (Wildman–Crippen MR) is 149 cm³/mol. The molecule has 3 aromatic carbocycles. The Bertz CT molecular complexity index is 1810. The summed E-state index contributed by atoms with van der Waals surface area (Å²) >= 11 is 5.31. The van der Waals surface area contributed by atoms with Crippen LogP contribution < -0.4 is 21.0 Å². The van der Waals surface area contributed by atoms with Gasteiger partial charge in [0.15, 0.2) is 10.9 Å². The molecule has 0 unspecified atom stereocenters. The van der Waals surface area contributed by atoms with E-state index in [1.165, 1.54) is 37.4 Å². The first-order valence-corrected chi connectivity index (χ1v) is 11.9. The SMILES string of the molecule is COc1ccc(-c2cc3ccccc3oc2=O)cc1NC(=S)NC(=O)c1ccc(-c2ccccc2[N+](=O)[O-])o1. The summed E-state index contributed by atoms with van der Waals surface area (Å²) in [4.78, 5) is 36.2. The molecule has 11 heteroatoms. The van der Waals surface area contributed by atoms with Gasteiger partial charge in [0.25, 0.3) is 11.6 Å². The van der Waals surface area contributed by atoms with Gasteiger partial charge >= 0.3 is 5.63 Å². The van der Waals surface area contributed by atoms with E-state index in [-0.39, 0.29) is 27.9 Å². The lowest BCUT2D eigenvalue weighted by atomic mass is 10.0. The third-order valence-electron chi connectivity index (χ3n) is 5.82. The van der Waals surface area contributed by atoms with Gasteiger partial charge in [0.05, 0.1) is 28.8 Å². The summed E-state index contributed by atoms with van der Waals surface area (Å²) in [6.07, 6.45) is 0. The minimum atomic E-state index is -0.664. The summed E-state index contributed by atoms with van der Waals surface area (Å²) in [7, 11) is 1.47. The van der Waals surface area contributed by atoms with Crippen LogP contribution >= 0.6 is 12.2 Å². The fraction of sp³-hybridized carbons (Fsp3) is 0.0357. The van der Waals surface area contributed by atoms with Crippen LogP contribution in [0.5, 0.6) is 5.75 Å². The van der Waals surface area contributed by atoms with Gasteiger partial charge in [0, 0.05) is 11.5 Å². The molecule has 0 aliphatic rings. The molecule has 194 valence electrons. The molecule has 0 radical (unpaired) electrons. The fourth-order valence-corrected chi connectivity index (χ4v) is 4.20. The van der Waals surface area contributed by atoms with Crippen molar-refractivity contribution in [2.45, 2.75) is 0 Å². The third kappa shape index (κ3) is 5.24. The van der Waals surface area contributed by atoms with Crippen LogP contribution in [-0.2, 0) is 0 Å². The zero-order valence-corrected chi connectivity index (χ0v) is 21.1. The van der Waals surface area contributed by atoms with Crippen molar-refractivity contribution in [1.29, 1.82) is 0 Å². The van der Waals surface area contributed by atoms with Crippen molar-refractivity contribution in [3.8, 4) is 28.2 Å². The maximum atomic E-state index is 12.8. The van der Waals surface area contributed by atoms with Crippen molar-refractivity contribution in [1.82, 2.24) is 5.32 Å². The topological polar surface area (TPSA) is 137 Å². The second kappa shape index (κ2) is 10.6. The van der Waals surface area contributed by atoms with Gasteiger partial charge in [-0.25, -0.2) is 4.79 Å². The lowest BCUT2D eigenvalue weighted by molar-refractivity contribution is -0.384. The summed E-state index contributed by atoms with van der Waals surface area (Å²) in [5.74, 6) is -0.184. The van der Waals surface area contributed by atoms with Crippen LogP contribution in [0.3, 0.4) is 0 Å². The first-order valence-electron chi connectivity index (χ1n) is 11.5. The fourth-order valence-electron chi connectivity index (χ4n) is 4.00. The predicted octanol–water partition coefficient (Wildman–Crippen LogP) is 5.76. The number of nitro benzene ring substituents is 1. The minimum Gasteiger partial charge on any atom is -0.495 e. The number of fused-ring (bicyclic) bond motifs is 1. The van der Waals surface area contributed by atoms with Gasteiger partial charge in [0.1, 0.15) is 17.1 Å². The summed E-state index contributed by atoms with van der Waals surface area (Å²) in [5.41, 5.74) is 1.34. The Morgan fingerprint density at radius 1 is 0.949 bits per heavy atom. The normalized spacial score (nSPS) is 10.7. The smallest absolute Gasteiger partial charge is 0.344 e. The number of nitro groups is 1. The van der Waals surface area contributed by atoms with Crippen LogP contribution in [-0.4, -0.2) is 23.1 Å². The number of carbonyl (C=O) groups excluding carboxylic acids is 1. The molecule has 5 rings (SSSR count). The lowest BCUT2D eigenvalue weighted by Crippen LogP contribution is -2.34. The summed E-state index contributed by atoms with van der Waals surface area (Å²) < 4.78 is 16.4. The number of benzene rings is 3. The molecule has 0 fully saturated rings. The minimum absolute atomic E-state index is 0.0652. The first kappa shape index (κ1) is 25.4. The van der Waals surface area contributed by atoms with E-state index in [9.17, 15) is 19.7 Å². The van der Waals surface area contributed by atoms with Crippen molar-refractivity contribution in [2.24, 2.45) is 0 Å². The molecule has 0 spiro atoms. The van der Waals surface area contributed by atoms with Crippen molar-refractivity contribution >= 4 is 45.6 Å². The number of nitrogens with zero attached hydrogens (tertiary/aromatic N) is 1. The highest BCUT2D eigenvalue weighted by Crippen LogP contribution is 2.32. The van der Waals surface area contributed by atoms with Crippen molar-refractivity contribution in [3.63, 3.8) is 0 Å². The maximum Gasteiger partial charge on any atom is 0.344 e. The number of para-hydroxylation sites is 2. The molecular formula is C28H19N3O7S. The summed E-state index contributed by atoms with van der Waals surface area (Å²) in [5, 5.41) is 17.4. The third-order valence-corrected chi connectivity index (χ3v) is 6.03. The van der Waals surface area contributed by atoms with Crippen LogP contribution in [0, 0.1) is 10.1 Å². The van der Waals surface area contributed by atoms with E-state index in [2.05, 4.69) is 10.6 Å². The quantitative estimate of drug-likeness (QED) is 0.119. The van der Waals surface area contributed by atoms with Crippen molar-refractivity contribution in [2.75, 3.05) is 12.4 Å². The standard InChI is InChI=1S/C28H19N3O7S/c1-36-24-11-10-16(19-14-17-6-2-5-9-22(17)38-27(19)33)15-20(24)29-28(39)30-26(32)25-13-12-23(37-25)18-7-3-4-8-21(18)31(34)35/h2-15H,1H3,(H2,29,30,32,39). The Morgan fingerprint density at radius 2 is 1.72 bits per heavy atom. The zero-order valence-electron chi connectivity index (χ0n) is 20.3. The highest BCUT2D eigenvalue weighted by molar-refractivity contribution is 7.80. The average Bonchev–Trinajstić information content (AvgIpc) is 3.43. The van der Waals surface area contributed by atoms with Crippen LogP contribution in [0.1, 0.15) is 10.6 Å². The van der Waals surface area contributed by atoms with E-state index in [1.54, 1.807) is 42.5 Å². The van der Waals surface area contributed by atoms with E-state index in [1.807, 2.05) is 12.1 Å². The van der Waals surface area contributed by atoms with E-state index >= 15 is 0 Å². The van der Waals surface area contributed by atoms with Gasteiger partial charge in [-0.3, -0.25) is 20.2 Å². The second-order valence-electron chi connectivity index (χ2n) is 8.25. The number of ether oxygens (including phenoxy) is 1. The molecule has 1 amide bonds. The van der Waals surface area contributed by atoms with Gasteiger partial charge in [-0.1, -0.05) is 36.4 Å². The number of hydrogen-bond acceptors (Lipinski definition) is 8. The Morgan fingerprint density at radius 3 is 2.51 bits per heavy atom. The number of thiocarbonyl (C=S) groups is 1. The first-order chi connectivity index (χ1) is 18.8. The second-order valence-corrected chi connectivity index (χ2v) is 8.66. The van der Waals surface area contributed by atoms with Gasteiger partial charge in [-0.05, 0) is 60.2 Å². The Balaban J connectivity index is 1.36. The van der Waals surface area contributed by atoms with E-state index in [0.717, 1.165) is 5.39 Å². The van der Waals surface area contributed by atoms with E-state index < -0.39 is 16.5 Å². The van der Waals surface area contributed by atoms with Crippen LogP contribution in [0.2, 0.25) is 0 Å². The Hall–Kier alpha value is -5.29. The number of nitrogens with one attached hydrogen (secondary N) is 2. The van der Waals surface area contributed by atoms with Gasteiger partial charge in [0.2, 0.25) is 0 Å². The van der Waals surface area contributed by atoms with Gasteiger partial charge in [-0.2, -0.15) is 0 Å². The number of amides is 1. The van der Waals surface area contributed by atoms with Crippen LogP contribution in [0.15, 0.2) is 98.6 Å². The van der Waals surface area contributed by atoms with E-state index in [0.29, 0.717) is 28.1 Å². The summed E-state index contributed by atoms with van der Waals surface area (Å²) in [6.45, 7) is 0. The number of carbonyl (C=O) groups is 1. The molecule has 2 N–H and O–H groups in total. The molecule has 5 aromatic rings. The number of furan rings is 1. The number of methoxy groups -OCH3 is 1. The van der Waals surface area contributed by atoms with Crippen LogP contribution in [0.25, 0.3) is 33.4 Å². The largest absolute Gasteiger partial charge is 0.495 e. The number of hydrogen-bond donors (Lipinski definition) is 2. The average molecular weight is 542 g/mol. The molecular weight excluding hydrogens is 522 g/mol. The molecule has 0 aliphatic heterocycles. The molecule has 0 saturated heterocycles. The Kier molecular flexibility index (Phi) is 6.89. The molecule has 0 atom stereocenters. The zero-order chi connectivity index (χ0) is 27.5. The maximum absolute atomic E-state index is 12.8. The molecule has 0 aliphatic carbocycles. The van der Waals surface area contributed by atoms with Crippen molar-refractivity contribution in [3.05, 3.63) is 111 Å². The lowest BCUT2D eigenvalue weighted by Gasteiger charge is -2.14. The molecule has 39 heavy (non-hydrogen) atoms. The van der Waals surface area contributed by atoms with Crippen molar-refractivity contribution < 1.29 is 23.3 Å². The Labute approximate surface area is 226 Å². The number of rotatable bonds is 6.